The smallest absolute Gasteiger partial charge is 0.332 e. The maximum atomic E-state index is 11.2. The van der Waals surface area contributed by atoms with Gasteiger partial charge >= 0.3 is 5.97 Å². The number of hydroxylamine groups is 1. The second-order valence-corrected chi connectivity index (χ2v) is 4.25. The Morgan fingerprint density at radius 3 is 2.56 bits per heavy atom. The Balaban J connectivity index is 2.02. The van der Waals surface area contributed by atoms with E-state index in [4.69, 9.17) is 5.11 Å². The third-order valence-corrected chi connectivity index (χ3v) is 2.89. The maximum absolute atomic E-state index is 11.2. The zero-order valence-electron chi connectivity index (χ0n) is 9.41. The van der Waals surface area contributed by atoms with Crippen LogP contribution in [0.15, 0.2) is 0 Å². The van der Waals surface area contributed by atoms with Crippen molar-refractivity contribution in [2.75, 3.05) is 6.61 Å². The molecule has 2 N–H and O–H groups in total. The molecule has 16 heavy (non-hydrogen) atoms. The van der Waals surface area contributed by atoms with Crippen LogP contribution in [-0.2, 0) is 14.4 Å². The molecule has 92 valence electrons. The van der Waals surface area contributed by atoms with E-state index in [1.807, 2.05) is 0 Å². The Bertz CT molecular complexity index is 236. The predicted molar refractivity (Wildman–Crippen MR) is 57.5 cm³/mol. The summed E-state index contributed by atoms with van der Waals surface area (Å²) < 4.78 is 0. The van der Waals surface area contributed by atoms with Crippen molar-refractivity contribution in [1.82, 2.24) is 5.48 Å². The second kappa shape index (κ2) is 7.22. The zero-order chi connectivity index (χ0) is 11.8. The number of hydrogen-bond acceptors (Lipinski definition) is 3. The Labute approximate surface area is 95.1 Å². The van der Waals surface area contributed by atoms with Crippen molar-refractivity contribution < 1.29 is 19.5 Å². The highest BCUT2D eigenvalue weighted by molar-refractivity contribution is 5.75. The van der Waals surface area contributed by atoms with Crippen LogP contribution in [0.1, 0.15) is 44.9 Å². The molecule has 1 rings (SSSR count). The molecule has 0 spiro atoms. The van der Waals surface area contributed by atoms with Gasteiger partial charge in [0.15, 0.2) is 6.61 Å². The molecule has 0 aromatic rings. The maximum Gasteiger partial charge on any atom is 0.332 e. The van der Waals surface area contributed by atoms with Crippen molar-refractivity contribution >= 4 is 11.9 Å². The highest BCUT2D eigenvalue weighted by Crippen LogP contribution is 2.27. The number of rotatable bonds is 6. The van der Waals surface area contributed by atoms with Gasteiger partial charge in [-0.25, -0.2) is 10.3 Å². The first-order chi connectivity index (χ1) is 7.68. The van der Waals surface area contributed by atoms with Crippen LogP contribution in [0.25, 0.3) is 0 Å². The van der Waals surface area contributed by atoms with Crippen LogP contribution in [-0.4, -0.2) is 23.6 Å². The molecule has 0 radical (unpaired) electrons. The molecule has 0 saturated heterocycles. The fourth-order valence-electron chi connectivity index (χ4n) is 2.04. The summed E-state index contributed by atoms with van der Waals surface area (Å²) in [5.41, 5.74) is 2.13. The van der Waals surface area contributed by atoms with E-state index in [0.717, 1.165) is 6.42 Å². The summed E-state index contributed by atoms with van der Waals surface area (Å²) in [6.45, 7) is -0.491. The van der Waals surface area contributed by atoms with E-state index in [9.17, 15) is 9.59 Å². The fraction of sp³-hybridized carbons (Fsp3) is 0.818. The number of carboxylic acids is 1. The SMILES string of the molecule is O=C(O)CONC(=O)CCC1CCCCC1. The highest BCUT2D eigenvalue weighted by atomic mass is 16.7. The first kappa shape index (κ1) is 13.0. The van der Waals surface area contributed by atoms with E-state index in [1.165, 1.54) is 32.1 Å². The van der Waals surface area contributed by atoms with E-state index in [2.05, 4.69) is 10.3 Å². The minimum atomic E-state index is -1.09. The average molecular weight is 229 g/mol. The molecule has 1 aliphatic carbocycles. The first-order valence-electron chi connectivity index (χ1n) is 5.81. The molecule has 1 aliphatic rings. The number of aliphatic carboxylic acids is 1. The van der Waals surface area contributed by atoms with Crippen molar-refractivity contribution in [3.63, 3.8) is 0 Å². The Kier molecular flexibility index (Phi) is 5.85. The highest BCUT2D eigenvalue weighted by Gasteiger charge is 2.14. The summed E-state index contributed by atoms with van der Waals surface area (Å²) in [5, 5.41) is 8.28. The van der Waals surface area contributed by atoms with E-state index in [-0.39, 0.29) is 5.91 Å². The van der Waals surface area contributed by atoms with Crippen LogP contribution in [0.2, 0.25) is 0 Å². The zero-order valence-corrected chi connectivity index (χ0v) is 9.41. The molecule has 1 saturated carbocycles. The van der Waals surface area contributed by atoms with Gasteiger partial charge < -0.3 is 5.11 Å². The summed E-state index contributed by atoms with van der Waals surface area (Å²) in [4.78, 5) is 25.8. The van der Waals surface area contributed by atoms with Crippen molar-refractivity contribution in [1.29, 1.82) is 0 Å². The second-order valence-electron chi connectivity index (χ2n) is 4.25. The van der Waals surface area contributed by atoms with Gasteiger partial charge in [0.25, 0.3) is 0 Å². The molecule has 0 aliphatic heterocycles. The van der Waals surface area contributed by atoms with Gasteiger partial charge in [0.1, 0.15) is 0 Å². The van der Waals surface area contributed by atoms with Gasteiger partial charge in [0.05, 0.1) is 0 Å². The molecular weight excluding hydrogens is 210 g/mol. The molecule has 0 aromatic heterocycles. The summed E-state index contributed by atoms with van der Waals surface area (Å²) in [5.74, 6) is -0.668. The van der Waals surface area contributed by atoms with Crippen LogP contribution in [0.4, 0.5) is 0 Å². The number of carbonyl (C=O) groups excluding carboxylic acids is 1. The van der Waals surface area contributed by atoms with Gasteiger partial charge in [-0.3, -0.25) is 9.63 Å². The van der Waals surface area contributed by atoms with E-state index >= 15 is 0 Å². The van der Waals surface area contributed by atoms with Crippen LogP contribution in [0.5, 0.6) is 0 Å². The van der Waals surface area contributed by atoms with Crippen molar-refractivity contribution in [3.05, 3.63) is 0 Å². The lowest BCUT2D eigenvalue weighted by Crippen LogP contribution is -2.27. The Hall–Kier alpha value is -1.10. The van der Waals surface area contributed by atoms with E-state index in [0.29, 0.717) is 12.3 Å². The van der Waals surface area contributed by atoms with Crippen LogP contribution in [0, 0.1) is 5.92 Å². The Morgan fingerprint density at radius 1 is 1.25 bits per heavy atom. The molecule has 5 heteroatoms. The van der Waals surface area contributed by atoms with Gasteiger partial charge in [-0.1, -0.05) is 32.1 Å². The molecule has 1 fully saturated rings. The topological polar surface area (TPSA) is 75.6 Å². The molecule has 0 unspecified atom stereocenters. The minimum Gasteiger partial charge on any atom is -0.479 e. The number of carbonyl (C=O) groups is 2. The van der Waals surface area contributed by atoms with Gasteiger partial charge in [0, 0.05) is 6.42 Å². The lowest BCUT2D eigenvalue weighted by atomic mass is 9.86. The van der Waals surface area contributed by atoms with Crippen molar-refractivity contribution in [2.24, 2.45) is 5.92 Å². The fourth-order valence-corrected chi connectivity index (χ4v) is 2.04. The predicted octanol–water partition coefficient (Wildman–Crippen LogP) is 1.48. The van der Waals surface area contributed by atoms with E-state index < -0.39 is 12.6 Å². The molecule has 0 heterocycles. The van der Waals surface area contributed by atoms with Gasteiger partial charge in [-0.05, 0) is 12.3 Å². The largest absolute Gasteiger partial charge is 0.479 e. The minimum absolute atomic E-state index is 0.230. The average Bonchev–Trinajstić information content (AvgIpc) is 2.27. The molecule has 0 aromatic carbocycles. The lowest BCUT2D eigenvalue weighted by molar-refractivity contribution is -0.149. The number of hydrogen-bond donors (Lipinski definition) is 2. The van der Waals surface area contributed by atoms with E-state index in [1.54, 1.807) is 0 Å². The van der Waals surface area contributed by atoms with Crippen molar-refractivity contribution in [2.45, 2.75) is 44.9 Å². The van der Waals surface area contributed by atoms with Crippen LogP contribution in [0.3, 0.4) is 0 Å². The molecule has 0 bridgehead atoms. The molecule has 0 atom stereocenters. The van der Waals surface area contributed by atoms with Gasteiger partial charge in [-0.2, -0.15) is 0 Å². The van der Waals surface area contributed by atoms with Crippen molar-refractivity contribution in [3.8, 4) is 0 Å². The quantitative estimate of drug-likeness (QED) is 0.676. The number of nitrogens with one attached hydrogen (secondary N) is 1. The number of amides is 1. The van der Waals surface area contributed by atoms with Gasteiger partial charge in [-0.15, -0.1) is 0 Å². The Morgan fingerprint density at radius 2 is 1.94 bits per heavy atom. The summed E-state index contributed by atoms with van der Waals surface area (Å²) in [6.07, 6.45) is 7.56. The summed E-state index contributed by atoms with van der Waals surface area (Å²) >= 11 is 0. The standard InChI is InChI=1S/C11H19NO4/c13-10(12-16-8-11(14)15)7-6-9-4-2-1-3-5-9/h9H,1-8H2,(H,12,13)(H,14,15). The lowest BCUT2D eigenvalue weighted by Gasteiger charge is -2.20. The van der Waals surface area contributed by atoms with Crippen LogP contribution >= 0.6 is 0 Å². The summed E-state index contributed by atoms with van der Waals surface area (Å²) in [7, 11) is 0. The first-order valence-corrected chi connectivity index (χ1v) is 5.81. The third kappa shape index (κ3) is 5.70. The normalized spacial score (nSPS) is 17.0. The third-order valence-electron chi connectivity index (χ3n) is 2.89. The molecule has 1 amide bonds. The summed E-state index contributed by atoms with van der Waals surface area (Å²) in [6, 6.07) is 0. The molecule has 5 nitrogen and oxygen atoms in total. The monoisotopic (exact) mass is 229 g/mol. The van der Waals surface area contributed by atoms with Crippen LogP contribution < -0.4 is 5.48 Å². The molecular formula is C11H19NO4. The number of carboxylic acid groups (broad SMARTS) is 1. The van der Waals surface area contributed by atoms with Gasteiger partial charge in [0.2, 0.25) is 5.91 Å².